The summed E-state index contributed by atoms with van der Waals surface area (Å²) in [6, 6.07) is 8.67. The summed E-state index contributed by atoms with van der Waals surface area (Å²) in [6.07, 6.45) is 3.83. The fourth-order valence-electron chi connectivity index (χ4n) is 1.30. The van der Waals surface area contributed by atoms with Crippen LogP contribution in [0.2, 0.25) is 0 Å². The Morgan fingerprint density at radius 2 is 2.13 bits per heavy atom. The molecule has 2 aromatic rings. The van der Waals surface area contributed by atoms with Crippen molar-refractivity contribution in [2.75, 3.05) is 11.0 Å². The van der Waals surface area contributed by atoms with Gasteiger partial charge in [-0.15, -0.1) is 0 Å². The number of aromatic nitrogens is 1. The molecule has 0 saturated carbocycles. The van der Waals surface area contributed by atoms with Crippen LogP contribution in [0.3, 0.4) is 0 Å². The first kappa shape index (κ1) is 9.92. The molecule has 0 saturated heterocycles. The number of hydrogen-bond donors (Lipinski definition) is 1. The van der Waals surface area contributed by atoms with Crippen molar-refractivity contribution in [1.82, 2.24) is 4.98 Å². The van der Waals surface area contributed by atoms with Crippen molar-refractivity contribution in [1.29, 1.82) is 0 Å². The zero-order valence-corrected chi connectivity index (χ0v) is 8.88. The van der Waals surface area contributed by atoms with Crippen molar-refractivity contribution in [3.8, 4) is 0 Å². The Labute approximate surface area is 88.0 Å². The predicted octanol–water partition coefficient (Wildman–Crippen LogP) is 1.41. The highest BCUT2D eigenvalue weighted by Crippen LogP contribution is 2.17. The first-order chi connectivity index (χ1) is 7.04. The Hall–Kier alpha value is -1.62. The van der Waals surface area contributed by atoms with Crippen LogP contribution in [0.4, 0.5) is 5.69 Å². The second kappa shape index (κ2) is 3.51. The maximum Gasteiger partial charge on any atom is 0.229 e. The molecule has 0 aliphatic heterocycles. The minimum Gasteiger partial charge on any atom is -0.284 e. The van der Waals surface area contributed by atoms with E-state index in [9.17, 15) is 8.42 Å². The van der Waals surface area contributed by atoms with Crippen molar-refractivity contribution in [2.45, 2.75) is 0 Å². The highest BCUT2D eigenvalue weighted by Gasteiger charge is 2.02. The summed E-state index contributed by atoms with van der Waals surface area (Å²) in [5.74, 6) is 0. The van der Waals surface area contributed by atoms with Crippen LogP contribution in [-0.2, 0) is 10.0 Å². The van der Waals surface area contributed by atoms with Crippen LogP contribution in [0, 0.1) is 6.20 Å². The third-order valence-corrected chi connectivity index (χ3v) is 2.46. The molecular weight excluding hydrogens is 212 g/mol. The maximum absolute atomic E-state index is 11.0. The summed E-state index contributed by atoms with van der Waals surface area (Å²) < 4.78 is 24.4. The SMILES string of the molecule is CS(=O)(=O)Nc1ccc2n[c]ccc2c1. The molecule has 1 heterocycles. The number of benzene rings is 1. The monoisotopic (exact) mass is 221 g/mol. The van der Waals surface area contributed by atoms with Crippen molar-refractivity contribution in [3.05, 3.63) is 36.5 Å². The molecule has 77 valence electrons. The lowest BCUT2D eigenvalue weighted by Crippen LogP contribution is -2.09. The lowest BCUT2D eigenvalue weighted by Gasteiger charge is -2.04. The Morgan fingerprint density at radius 3 is 2.87 bits per heavy atom. The van der Waals surface area contributed by atoms with Crippen molar-refractivity contribution >= 4 is 26.6 Å². The van der Waals surface area contributed by atoms with Gasteiger partial charge < -0.3 is 0 Å². The first-order valence-corrected chi connectivity index (χ1v) is 6.18. The molecule has 2 rings (SSSR count). The van der Waals surface area contributed by atoms with Crippen LogP contribution >= 0.6 is 0 Å². The normalized spacial score (nSPS) is 11.5. The predicted molar refractivity (Wildman–Crippen MR) is 59.0 cm³/mol. The maximum atomic E-state index is 11.0. The first-order valence-electron chi connectivity index (χ1n) is 4.29. The van der Waals surface area contributed by atoms with Gasteiger partial charge in [-0.2, -0.15) is 0 Å². The van der Waals surface area contributed by atoms with Crippen molar-refractivity contribution in [3.63, 3.8) is 0 Å². The highest BCUT2D eigenvalue weighted by molar-refractivity contribution is 7.92. The highest BCUT2D eigenvalue weighted by atomic mass is 32.2. The van der Waals surface area contributed by atoms with Crippen molar-refractivity contribution in [2.24, 2.45) is 0 Å². The molecule has 1 aromatic carbocycles. The third-order valence-electron chi connectivity index (χ3n) is 1.85. The third kappa shape index (κ3) is 2.44. The molecular formula is C10H9N2O2S. The summed E-state index contributed by atoms with van der Waals surface area (Å²) in [6.45, 7) is 0. The smallest absolute Gasteiger partial charge is 0.229 e. The largest absolute Gasteiger partial charge is 0.284 e. The Bertz CT molecular complexity index is 593. The number of hydrogen-bond acceptors (Lipinski definition) is 3. The molecule has 0 fully saturated rings. The van der Waals surface area contributed by atoms with E-state index >= 15 is 0 Å². The molecule has 1 aromatic heterocycles. The standard InChI is InChI=1S/C10H9N2O2S/c1-15(13,14)12-9-4-5-10-8(7-9)3-2-6-11-10/h2-5,7,12H,1H3. The Balaban J connectivity index is 2.48. The molecule has 0 atom stereocenters. The van der Waals surface area contributed by atoms with Gasteiger partial charge in [-0.25, -0.2) is 13.4 Å². The molecule has 0 unspecified atom stereocenters. The van der Waals surface area contributed by atoms with Gasteiger partial charge in [-0.3, -0.25) is 4.72 Å². The topological polar surface area (TPSA) is 59.1 Å². The minimum atomic E-state index is -3.22. The summed E-state index contributed by atoms with van der Waals surface area (Å²) >= 11 is 0. The quantitative estimate of drug-likeness (QED) is 0.834. The second-order valence-corrected chi connectivity index (χ2v) is 4.97. The van der Waals surface area contributed by atoms with E-state index in [0.717, 1.165) is 17.2 Å². The fraction of sp³-hybridized carbons (Fsp3) is 0.100. The Kier molecular flexibility index (Phi) is 2.32. The number of fused-ring (bicyclic) bond motifs is 1. The van der Waals surface area contributed by atoms with Gasteiger partial charge in [0.2, 0.25) is 10.0 Å². The molecule has 1 radical (unpaired) electrons. The Morgan fingerprint density at radius 1 is 1.33 bits per heavy atom. The molecule has 0 aliphatic carbocycles. The number of rotatable bonds is 2. The lowest BCUT2D eigenvalue weighted by atomic mass is 10.2. The van der Waals surface area contributed by atoms with E-state index in [-0.39, 0.29) is 0 Å². The van der Waals surface area contributed by atoms with Gasteiger partial charge in [-0.05, 0) is 24.3 Å². The minimum absolute atomic E-state index is 0.540. The van der Waals surface area contributed by atoms with Gasteiger partial charge in [0.25, 0.3) is 0 Å². The second-order valence-electron chi connectivity index (χ2n) is 3.22. The van der Waals surface area contributed by atoms with Crippen LogP contribution in [0.1, 0.15) is 0 Å². The molecule has 0 aliphatic rings. The summed E-state index contributed by atoms with van der Waals surface area (Å²) in [5.41, 5.74) is 1.33. The fourth-order valence-corrected chi connectivity index (χ4v) is 1.86. The summed E-state index contributed by atoms with van der Waals surface area (Å²) in [7, 11) is -3.22. The molecule has 0 amide bonds. The van der Waals surface area contributed by atoms with E-state index in [2.05, 4.69) is 15.9 Å². The summed E-state index contributed by atoms with van der Waals surface area (Å²) in [5, 5.41) is 0.877. The van der Waals surface area contributed by atoms with Crippen LogP contribution < -0.4 is 4.72 Å². The number of nitrogens with one attached hydrogen (secondary N) is 1. The number of sulfonamides is 1. The van der Waals surface area contributed by atoms with E-state index in [1.54, 1.807) is 24.3 Å². The van der Waals surface area contributed by atoms with Crippen molar-refractivity contribution < 1.29 is 8.42 Å². The van der Waals surface area contributed by atoms with E-state index in [4.69, 9.17) is 0 Å². The van der Waals surface area contributed by atoms with E-state index in [0.29, 0.717) is 5.69 Å². The van der Waals surface area contributed by atoms with Gasteiger partial charge in [-0.1, -0.05) is 6.07 Å². The van der Waals surface area contributed by atoms with E-state index in [1.165, 1.54) is 0 Å². The molecule has 5 heteroatoms. The average molecular weight is 221 g/mol. The van der Waals surface area contributed by atoms with Gasteiger partial charge in [0.1, 0.15) is 0 Å². The number of pyridine rings is 1. The summed E-state index contributed by atoms with van der Waals surface area (Å²) in [4.78, 5) is 4.02. The zero-order valence-electron chi connectivity index (χ0n) is 8.06. The zero-order chi connectivity index (χ0) is 10.9. The number of nitrogens with zero attached hydrogens (tertiary/aromatic N) is 1. The average Bonchev–Trinajstić information content (AvgIpc) is 2.15. The van der Waals surface area contributed by atoms with Gasteiger partial charge in [0.15, 0.2) is 0 Å². The van der Waals surface area contributed by atoms with Crippen LogP contribution in [0.15, 0.2) is 30.3 Å². The van der Waals surface area contributed by atoms with Crippen LogP contribution in [0.25, 0.3) is 10.9 Å². The molecule has 15 heavy (non-hydrogen) atoms. The van der Waals surface area contributed by atoms with Crippen LogP contribution in [-0.4, -0.2) is 19.7 Å². The molecule has 4 nitrogen and oxygen atoms in total. The lowest BCUT2D eigenvalue weighted by molar-refractivity contribution is 0.607. The van der Waals surface area contributed by atoms with Gasteiger partial charge >= 0.3 is 0 Å². The van der Waals surface area contributed by atoms with E-state index in [1.807, 2.05) is 6.07 Å². The molecule has 0 spiro atoms. The molecule has 1 N–H and O–H groups in total. The number of anilines is 1. The molecule has 0 bridgehead atoms. The van der Waals surface area contributed by atoms with Crippen LogP contribution in [0.5, 0.6) is 0 Å². The van der Waals surface area contributed by atoms with Gasteiger partial charge in [0.05, 0.1) is 18.0 Å². The van der Waals surface area contributed by atoms with E-state index < -0.39 is 10.0 Å². The van der Waals surface area contributed by atoms with Gasteiger partial charge in [0, 0.05) is 11.1 Å².